The fourth-order valence-corrected chi connectivity index (χ4v) is 4.00. The molecule has 1 aromatic carbocycles. The topological polar surface area (TPSA) is 57.8 Å². The molecule has 0 spiro atoms. The molecule has 5 heteroatoms. The molecule has 28 heavy (non-hydrogen) atoms. The Morgan fingerprint density at radius 2 is 1.93 bits per heavy atom. The number of nitrogens with zero attached hydrogens (tertiary/aromatic N) is 2. The first-order chi connectivity index (χ1) is 13.4. The van der Waals surface area contributed by atoms with Gasteiger partial charge in [0.2, 0.25) is 0 Å². The highest BCUT2D eigenvalue weighted by molar-refractivity contribution is 6.02. The zero-order chi connectivity index (χ0) is 20.3. The fourth-order valence-electron chi connectivity index (χ4n) is 4.00. The average Bonchev–Trinajstić information content (AvgIpc) is 2.95. The van der Waals surface area contributed by atoms with Crippen LogP contribution in [0.5, 0.6) is 0 Å². The molecule has 1 N–H and O–H groups in total. The van der Waals surface area contributed by atoms with Crippen LogP contribution in [0.1, 0.15) is 49.6 Å². The Kier molecular flexibility index (Phi) is 5.99. The Morgan fingerprint density at radius 3 is 2.57 bits per heavy atom. The maximum absolute atomic E-state index is 13.2. The molecule has 1 aromatic heterocycles. The fraction of sp³-hybridized carbons (Fsp3) is 0.391. The van der Waals surface area contributed by atoms with E-state index in [0.717, 1.165) is 41.9 Å². The number of rotatable bonds is 4. The summed E-state index contributed by atoms with van der Waals surface area (Å²) in [6.07, 6.45) is 6.02. The lowest BCUT2D eigenvalue weighted by Crippen LogP contribution is -2.41. The van der Waals surface area contributed by atoms with Crippen molar-refractivity contribution < 1.29 is 9.18 Å². The summed E-state index contributed by atoms with van der Waals surface area (Å²) >= 11 is 0. The molecule has 0 saturated heterocycles. The van der Waals surface area contributed by atoms with E-state index in [2.05, 4.69) is 12.2 Å². The average molecular weight is 379 g/mol. The second-order valence-electron chi connectivity index (χ2n) is 7.65. The molecule has 1 heterocycles. The summed E-state index contributed by atoms with van der Waals surface area (Å²) in [5.74, 6) is -0.166. The summed E-state index contributed by atoms with van der Waals surface area (Å²) in [7, 11) is 0. The molecule has 1 aliphatic carbocycles. The molecule has 0 radical (unpaired) electrons. The summed E-state index contributed by atoms with van der Waals surface area (Å²) in [5.41, 5.74) is 3.61. The van der Waals surface area contributed by atoms with Crippen LogP contribution in [-0.4, -0.2) is 16.5 Å². The van der Waals surface area contributed by atoms with Gasteiger partial charge in [0.1, 0.15) is 17.5 Å². The Hall–Kier alpha value is -2.87. The third-order valence-corrected chi connectivity index (χ3v) is 5.65. The normalized spacial score (nSPS) is 19.9. The van der Waals surface area contributed by atoms with Gasteiger partial charge in [-0.25, -0.2) is 4.39 Å². The Balaban J connectivity index is 1.86. The monoisotopic (exact) mass is 379 g/mol. The van der Waals surface area contributed by atoms with E-state index < -0.39 is 0 Å². The van der Waals surface area contributed by atoms with Crippen molar-refractivity contribution in [2.24, 2.45) is 5.92 Å². The van der Waals surface area contributed by atoms with E-state index in [9.17, 15) is 14.4 Å². The summed E-state index contributed by atoms with van der Waals surface area (Å²) < 4.78 is 15.2. The van der Waals surface area contributed by atoms with Crippen LogP contribution in [0.4, 0.5) is 4.39 Å². The van der Waals surface area contributed by atoms with Crippen molar-refractivity contribution in [1.29, 1.82) is 5.26 Å². The molecule has 1 amide bonds. The third kappa shape index (κ3) is 4.17. The minimum atomic E-state index is -0.312. The van der Waals surface area contributed by atoms with Gasteiger partial charge < -0.3 is 9.88 Å². The molecule has 1 saturated carbocycles. The minimum Gasteiger partial charge on any atom is -0.348 e. The van der Waals surface area contributed by atoms with Gasteiger partial charge in [-0.3, -0.25) is 4.79 Å². The van der Waals surface area contributed by atoms with Gasteiger partial charge in [0.25, 0.3) is 5.91 Å². The van der Waals surface area contributed by atoms with E-state index in [4.69, 9.17) is 0 Å². The quantitative estimate of drug-likeness (QED) is 0.611. The third-order valence-electron chi connectivity index (χ3n) is 5.65. The standard InChI is InChI=1S/C23H26FN3O/c1-15-6-4-5-7-22(15)26-23(28)19(14-25)13-18-12-16(2)27(17(18)3)21-10-8-20(24)9-11-21/h8-13,15,22H,4-7H2,1-3H3,(H,26,28)/b19-13+/t15-,22-/m0/s1. The molecule has 0 unspecified atom stereocenters. The number of amides is 1. The molecule has 0 bridgehead atoms. The Bertz CT molecular complexity index is 934. The molecule has 4 nitrogen and oxygen atoms in total. The highest BCUT2D eigenvalue weighted by Crippen LogP contribution is 2.25. The number of nitrogens with one attached hydrogen (secondary N) is 1. The van der Waals surface area contributed by atoms with E-state index in [1.165, 1.54) is 18.6 Å². The van der Waals surface area contributed by atoms with Gasteiger partial charge in [0.15, 0.2) is 0 Å². The largest absolute Gasteiger partial charge is 0.348 e. The van der Waals surface area contributed by atoms with Crippen LogP contribution in [0.2, 0.25) is 0 Å². The molecule has 2 aromatic rings. The van der Waals surface area contributed by atoms with Crippen LogP contribution >= 0.6 is 0 Å². The lowest BCUT2D eigenvalue weighted by Gasteiger charge is -2.29. The lowest BCUT2D eigenvalue weighted by atomic mass is 9.86. The van der Waals surface area contributed by atoms with E-state index in [1.54, 1.807) is 18.2 Å². The van der Waals surface area contributed by atoms with Crippen LogP contribution in [-0.2, 0) is 4.79 Å². The summed E-state index contributed by atoms with van der Waals surface area (Å²) in [6, 6.07) is 10.4. The van der Waals surface area contributed by atoms with Crippen molar-refractivity contribution in [3.05, 3.63) is 58.7 Å². The first-order valence-corrected chi connectivity index (χ1v) is 9.78. The number of halogens is 1. The van der Waals surface area contributed by atoms with Crippen LogP contribution < -0.4 is 5.32 Å². The zero-order valence-electron chi connectivity index (χ0n) is 16.6. The molecule has 0 aliphatic heterocycles. The zero-order valence-corrected chi connectivity index (χ0v) is 16.6. The predicted molar refractivity (Wildman–Crippen MR) is 108 cm³/mol. The summed E-state index contributed by atoms with van der Waals surface area (Å²) in [4.78, 5) is 12.7. The van der Waals surface area contributed by atoms with Crippen molar-refractivity contribution in [1.82, 2.24) is 9.88 Å². The molecular formula is C23H26FN3O. The molecule has 1 fully saturated rings. The lowest BCUT2D eigenvalue weighted by molar-refractivity contribution is -0.118. The van der Waals surface area contributed by atoms with Crippen molar-refractivity contribution >= 4 is 12.0 Å². The van der Waals surface area contributed by atoms with Gasteiger partial charge in [0, 0.05) is 23.1 Å². The van der Waals surface area contributed by atoms with Gasteiger partial charge in [-0.1, -0.05) is 19.8 Å². The van der Waals surface area contributed by atoms with Crippen molar-refractivity contribution in [3.8, 4) is 11.8 Å². The van der Waals surface area contributed by atoms with Gasteiger partial charge in [-0.2, -0.15) is 5.26 Å². The van der Waals surface area contributed by atoms with Crippen LogP contribution in [0.3, 0.4) is 0 Å². The molecule has 2 atom stereocenters. The summed E-state index contributed by atoms with van der Waals surface area (Å²) in [6.45, 7) is 6.03. The van der Waals surface area contributed by atoms with Crippen LogP contribution in [0, 0.1) is 36.9 Å². The number of aromatic nitrogens is 1. The first-order valence-electron chi connectivity index (χ1n) is 9.78. The number of nitriles is 1. The number of carbonyl (C=O) groups excluding carboxylic acids is 1. The van der Waals surface area contributed by atoms with Gasteiger partial charge in [-0.05, 0) is 74.6 Å². The number of benzene rings is 1. The number of carbonyl (C=O) groups is 1. The molecular weight excluding hydrogens is 353 g/mol. The van der Waals surface area contributed by atoms with Crippen molar-refractivity contribution in [2.45, 2.75) is 52.5 Å². The molecule has 146 valence electrons. The van der Waals surface area contributed by atoms with Gasteiger partial charge in [-0.15, -0.1) is 0 Å². The highest BCUT2D eigenvalue weighted by Gasteiger charge is 2.24. The van der Waals surface area contributed by atoms with Gasteiger partial charge in [0.05, 0.1) is 0 Å². The highest BCUT2D eigenvalue weighted by atomic mass is 19.1. The number of aryl methyl sites for hydroxylation is 1. The van der Waals surface area contributed by atoms with Crippen LogP contribution in [0.15, 0.2) is 35.9 Å². The molecule has 3 rings (SSSR count). The van der Waals surface area contributed by atoms with Crippen molar-refractivity contribution in [2.75, 3.05) is 0 Å². The predicted octanol–water partition coefficient (Wildman–Crippen LogP) is 4.84. The van der Waals surface area contributed by atoms with Crippen molar-refractivity contribution in [3.63, 3.8) is 0 Å². The maximum Gasteiger partial charge on any atom is 0.262 e. The van der Waals surface area contributed by atoms with E-state index in [1.807, 2.05) is 30.6 Å². The second-order valence-corrected chi connectivity index (χ2v) is 7.65. The first kappa shape index (κ1) is 19.9. The Labute approximate surface area is 165 Å². The molecule has 1 aliphatic rings. The smallest absolute Gasteiger partial charge is 0.262 e. The van der Waals surface area contributed by atoms with Crippen LogP contribution in [0.25, 0.3) is 11.8 Å². The Morgan fingerprint density at radius 1 is 1.25 bits per heavy atom. The van der Waals surface area contributed by atoms with E-state index in [-0.39, 0.29) is 23.3 Å². The SMILES string of the molecule is Cc1cc(/C=C(\C#N)C(=O)N[C@H]2CCCC[C@@H]2C)c(C)n1-c1ccc(F)cc1. The number of hydrogen-bond acceptors (Lipinski definition) is 2. The van der Waals surface area contributed by atoms with E-state index in [0.29, 0.717) is 5.92 Å². The van der Waals surface area contributed by atoms with E-state index >= 15 is 0 Å². The van der Waals surface area contributed by atoms with Gasteiger partial charge >= 0.3 is 0 Å². The minimum absolute atomic E-state index is 0.108. The maximum atomic E-state index is 13.2. The number of hydrogen-bond donors (Lipinski definition) is 1. The summed E-state index contributed by atoms with van der Waals surface area (Å²) in [5, 5.41) is 12.6. The second kappa shape index (κ2) is 8.43.